The normalized spacial score (nSPS) is 15.0. The monoisotopic (exact) mass is 282 g/mol. The number of rotatable bonds is 3. The molecule has 3 heteroatoms. The van der Waals surface area contributed by atoms with E-state index < -0.39 is 0 Å². The molecule has 0 saturated heterocycles. The summed E-state index contributed by atoms with van der Waals surface area (Å²) in [4.78, 5) is 2.09. The van der Waals surface area contributed by atoms with Crippen molar-refractivity contribution in [3.8, 4) is 5.75 Å². The van der Waals surface area contributed by atoms with E-state index in [4.69, 9.17) is 10.5 Å². The van der Waals surface area contributed by atoms with Gasteiger partial charge in [0.05, 0.1) is 12.6 Å². The molecule has 0 aromatic heterocycles. The van der Waals surface area contributed by atoms with Crippen molar-refractivity contribution in [3.63, 3.8) is 0 Å². The Hall–Kier alpha value is -2.00. The molecule has 3 nitrogen and oxygen atoms in total. The lowest BCUT2D eigenvalue weighted by Crippen LogP contribution is -2.18. The molecule has 0 spiro atoms. The number of nitrogens with zero attached hydrogens (tertiary/aromatic N) is 1. The van der Waals surface area contributed by atoms with E-state index in [0.29, 0.717) is 0 Å². The van der Waals surface area contributed by atoms with Gasteiger partial charge < -0.3 is 15.4 Å². The smallest absolute Gasteiger partial charge is 0.127 e. The highest BCUT2D eigenvalue weighted by Gasteiger charge is 2.19. The Kier molecular flexibility index (Phi) is 3.84. The summed E-state index contributed by atoms with van der Waals surface area (Å²) < 4.78 is 5.88. The average molecular weight is 282 g/mol. The van der Waals surface area contributed by atoms with Gasteiger partial charge in [-0.25, -0.2) is 0 Å². The largest absolute Gasteiger partial charge is 0.493 e. The Bertz CT molecular complexity index is 637. The molecular formula is C18H22N2O. The molecule has 1 aliphatic rings. The lowest BCUT2D eigenvalue weighted by molar-refractivity contribution is 0.284. The maximum atomic E-state index is 6.51. The van der Waals surface area contributed by atoms with E-state index in [1.807, 2.05) is 14.1 Å². The lowest BCUT2D eigenvalue weighted by Gasteiger charge is -2.24. The van der Waals surface area contributed by atoms with Crippen LogP contribution in [0.4, 0.5) is 5.69 Å². The van der Waals surface area contributed by atoms with Gasteiger partial charge in [-0.2, -0.15) is 0 Å². The van der Waals surface area contributed by atoms with Gasteiger partial charge >= 0.3 is 0 Å². The summed E-state index contributed by atoms with van der Waals surface area (Å²) in [7, 11) is 4.08. The van der Waals surface area contributed by atoms with Crippen LogP contribution >= 0.6 is 0 Å². The number of hydrogen-bond donors (Lipinski definition) is 1. The predicted molar refractivity (Wildman–Crippen MR) is 87.1 cm³/mol. The van der Waals surface area contributed by atoms with Gasteiger partial charge in [-0.3, -0.25) is 0 Å². The van der Waals surface area contributed by atoms with E-state index in [1.54, 1.807) is 0 Å². The summed E-state index contributed by atoms with van der Waals surface area (Å²) in [6.07, 6.45) is 2.16. The molecule has 0 fully saturated rings. The minimum Gasteiger partial charge on any atom is -0.493 e. The Morgan fingerprint density at radius 1 is 1.14 bits per heavy atom. The molecule has 2 aromatic rings. The molecule has 1 atom stereocenters. The van der Waals surface area contributed by atoms with Crippen molar-refractivity contribution >= 4 is 5.69 Å². The maximum absolute atomic E-state index is 6.51. The zero-order chi connectivity index (χ0) is 14.8. The first-order valence-electron chi connectivity index (χ1n) is 7.44. The standard InChI is InChI=1S/C18H22N2O/c1-20(2)15-9-3-7-14(12-15)17(19)16-10-4-6-13-8-5-11-21-18(13)16/h3-4,6-7,9-10,12,17H,5,8,11,19H2,1-2H3. The number of benzene rings is 2. The Labute approximate surface area is 126 Å². The third kappa shape index (κ3) is 2.74. The van der Waals surface area contributed by atoms with Crippen LogP contribution in [0.2, 0.25) is 0 Å². The third-order valence-corrected chi connectivity index (χ3v) is 4.04. The van der Waals surface area contributed by atoms with Gasteiger partial charge in [-0.1, -0.05) is 30.3 Å². The number of fused-ring (bicyclic) bond motifs is 1. The molecule has 110 valence electrons. The van der Waals surface area contributed by atoms with Crippen molar-refractivity contribution in [3.05, 3.63) is 59.2 Å². The van der Waals surface area contributed by atoms with Crippen LogP contribution in [0.3, 0.4) is 0 Å². The summed E-state index contributed by atoms with van der Waals surface area (Å²) in [5.41, 5.74) is 11.1. The van der Waals surface area contributed by atoms with Gasteiger partial charge in [0.1, 0.15) is 5.75 Å². The maximum Gasteiger partial charge on any atom is 0.127 e. The van der Waals surface area contributed by atoms with Crippen molar-refractivity contribution in [1.29, 1.82) is 0 Å². The number of anilines is 1. The number of nitrogens with two attached hydrogens (primary N) is 1. The molecule has 0 radical (unpaired) electrons. The molecule has 3 rings (SSSR count). The highest BCUT2D eigenvalue weighted by Crippen LogP contribution is 2.35. The summed E-state index contributed by atoms with van der Waals surface area (Å²) in [6.45, 7) is 0.786. The van der Waals surface area contributed by atoms with E-state index in [2.05, 4.69) is 47.4 Å². The van der Waals surface area contributed by atoms with E-state index in [1.165, 1.54) is 5.56 Å². The highest BCUT2D eigenvalue weighted by atomic mass is 16.5. The van der Waals surface area contributed by atoms with E-state index in [0.717, 1.165) is 42.0 Å². The highest BCUT2D eigenvalue weighted by molar-refractivity contribution is 5.52. The zero-order valence-electron chi connectivity index (χ0n) is 12.7. The Morgan fingerprint density at radius 2 is 1.95 bits per heavy atom. The van der Waals surface area contributed by atoms with Gasteiger partial charge in [0.2, 0.25) is 0 Å². The second-order valence-corrected chi connectivity index (χ2v) is 5.75. The topological polar surface area (TPSA) is 38.5 Å². The third-order valence-electron chi connectivity index (χ3n) is 4.04. The van der Waals surface area contributed by atoms with Crippen LogP contribution < -0.4 is 15.4 Å². The first-order valence-corrected chi connectivity index (χ1v) is 7.44. The van der Waals surface area contributed by atoms with E-state index >= 15 is 0 Å². The number of hydrogen-bond acceptors (Lipinski definition) is 3. The van der Waals surface area contributed by atoms with Crippen molar-refractivity contribution < 1.29 is 4.74 Å². The fourth-order valence-electron chi connectivity index (χ4n) is 2.84. The molecule has 21 heavy (non-hydrogen) atoms. The second-order valence-electron chi connectivity index (χ2n) is 5.75. The van der Waals surface area contributed by atoms with E-state index in [-0.39, 0.29) is 6.04 Å². The van der Waals surface area contributed by atoms with Crippen LogP contribution in [0.5, 0.6) is 5.75 Å². The fraction of sp³-hybridized carbons (Fsp3) is 0.333. The van der Waals surface area contributed by atoms with Crippen LogP contribution in [0, 0.1) is 0 Å². The van der Waals surface area contributed by atoms with Crippen molar-refractivity contribution in [2.24, 2.45) is 5.73 Å². The van der Waals surface area contributed by atoms with Crippen LogP contribution in [-0.4, -0.2) is 20.7 Å². The number of ether oxygens (including phenoxy) is 1. The summed E-state index contributed by atoms with van der Waals surface area (Å²) in [5, 5.41) is 0. The molecule has 1 aliphatic heterocycles. The van der Waals surface area contributed by atoms with Gasteiger partial charge in [0, 0.05) is 25.3 Å². The van der Waals surface area contributed by atoms with Crippen molar-refractivity contribution in [1.82, 2.24) is 0 Å². The minimum absolute atomic E-state index is 0.155. The molecule has 0 saturated carbocycles. The van der Waals surface area contributed by atoms with Crippen LogP contribution in [0.1, 0.15) is 29.2 Å². The Balaban J connectivity index is 1.99. The van der Waals surface area contributed by atoms with Crippen molar-refractivity contribution in [2.45, 2.75) is 18.9 Å². The van der Waals surface area contributed by atoms with Crippen molar-refractivity contribution in [2.75, 3.05) is 25.6 Å². The van der Waals surface area contributed by atoms with Crippen LogP contribution in [-0.2, 0) is 6.42 Å². The van der Waals surface area contributed by atoms with Gasteiger partial charge in [0.25, 0.3) is 0 Å². The van der Waals surface area contributed by atoms with Crippen LogP contribution in [0.25, 0.3) is 0 Å². The molecule has 0 amide bonds. The fourth-order valence-corrected chi connectivity index (χ4v) is 2.84. The predicted octanol–water partition coefficient (Wildman–Crippen LogP) is 3.13. The van der Waals surface area contributed by atoms with Gasteiger partial charge in [-0.05, 0) is 36.1 Å². The first kappa shape index (κ1) is 14.0. The number of aryl methyl sites for hydroxylation is 1. The molecular weight excluding hydrogens is 260 g/mol. The lowest BCUT2D eigenvalue weighted by atomic mass is 9.94. The molecule has 0 bridgehead atoms. The molecule has 1 heterocycles. The summed E-state index contributed by atoms with van der Waals surface area (Å²) in [6, 6.07) is 14.5. The quantitative estimate of drug-likeness (QED) is 0.940. The summed E-state index contributed by atoms with van der Waals surface area (Å²) >= 11 is 0. The summed E-state index contributed by atoms with van der Waals surface area (Å²) in [5.74, 6) is 0.992. The molecule has 2 aromatic carbocycles. The second kappa shape index (κ2) is 5.78. The average Bonchev–Trinajstić information content (AvgIpc) is 2.53. The molecule has 2 N–H and O–H groups in total. The number of para-hydroxylation sites is 1. The van der Waals surface area contributed by atoms with Gasteiger partial charge in [-0.15, -0.1) is 0 Å². The first-order chi connectivity index (χ1) is 10.2. The van der Waals surface area contributed by atoms with E-state index in [9.17, 15) is 0 Å². The minimum atomic E-state index is -0.155. The zero-order valence-corrected chi connectivity index (χ0v) is 12.7. The van der Waals surface area contributed by atoms with Crippen LogP contribution in [0.15, 0.2) is 42.5 Å². The molecule has 0 aliphatic carbocycles. The Morgan fingerprint density at radius 3 is 2.76 bits per heavy atom. The SMILES string of the molecule is CN(C)c1cccc(C(N)c2cccc3c2OCCC3)c1. The molecule has 1 unspecified atom stereocenters. The van der Waals surface area contributed by atoms with Gasteiger partial charge in [0.15, 0.2) is 0 Å².